The molecule has 0 fully saturated rings. The van der Waals surface area contributed by atoms with Gasteiger partial charge in [-0.05, 0) is 24.3 Å². The Labute approximate surface area is 117 Å². The number of hydrogen-bond acceptors (Lipinski definition) is 3. The van der Waals surface area contributed by atoms with Crippen molar-refractivity contribution in [3.8, 4) is 0 Å². The maximum absolute atomic E-state index is 13.7. The van der Waals surface area contributed by atoms with Gasteiger partial charge in [0.15, 0.2) is 0 Å². The summed E-state index contributed by atoms with van der Waals surface area (Å²) in [6.07, 6.45) is 0. The average Bonchev–Trinajstić information content (AvgIpc) is 2.71. The van der Waals surface area contributed by atoms with E-state index >= 15 is 0 Å². The number of nitrogens with one attached hydrogen (secondary N) is 1. The molecular weight excluding hydrogens is 277 g/mol. The average molecular weight is 287 g/mol. The molecule has 2 N–H and O–H groups in total. The van der Waals surface area contributed by atoms with Crippen LogP contribution in [0.5, 0.6) is 0 Å². The molecule has 1 aliphatic heterocycles. The fourth-order valence-electron chi connectivity index (χ4n) is 2.14. The van der Waals surface area contributed by atoms with Crippen LogP contribution >= 0.6 is 0 Å². The number of fused-ring (bicyclic) bond motifs is 1. The van der Waals surface area contributed by atoms with Gasteiger partial charge in [-0.15, -0.1) is 0 Å². The maximum Gasteiger partial charge on any atom is 0.142 e. The molecule has 100 valence electrons. The standard InChI is InChI=1S/C15H10FNO2S/c16-11-7-3-1-5-9(11)13(17)15-14(18)10-6-2-4-8-12(10)20(15)19/h1-8,17-18H. The van der Waals surface area contributed by atoms with Gasteiger partial charge in [-0.25, -0.2) is 8.60 Å². The second-order valence-electron chi connectivity index (χ2n) is 4.30. The Kier molecular flexibility index (Phi) is 2.99. The van der Waals surface area contributed by atoms with Gasteiger partial charge in [0, 0.05) is 11.1 Å². The molecule has 3 nitrogen and oxygen atoms in total. The van der Waals surface area contributed by atoms with E-state index in [0.717, 1.165) is 0 Å². The van der Waals surface area contributed by atoms with Crippen LogP contribution in [-0.2, 0) is 10.8 Å². The Bertz CT molecular complexity index is 783. The normalized spacial score (nSPS) is 17.1. The van der Waals surface area contributed by atoms with Crippen molar-refractivity contribution in [3.05, 3.63) is 70.4 Å². The van der Waals surface area contributed by atoms with Crippen molar-refractivity contribution in [1.29, 1.82) is 5.41 Å². The summed E-state index contributed by atoms with van der Waals surface area (Å²) < 4.78 is 26.1. The lowest BCUT2D eigenvalue weighted by Crippen LogP contribution is -2.09. The quantitative estimate of drug-likeness (QED) is 0.833. The first-order chi connectivity index (χ1) is 9.61. The van der Waals surface area contributed by atoms with Crippen LogP contribution in [-0.4, -0.2) is 15.0 Å². The van der Waals surface area contributed by atoms with E-state index in [1.165, 1.54) is 18.2 Å². The molecule has 0 saturated heterocycles. The summed E-state index contributed by atoms with van der Waals surface area (Å²) in [7, 11) is -1.67. The Morgan fingerprint density at radius 1 is 1.10 bits per heavy atom. The number of allylic oxidation sites excluding steroid dienone is 1. The molecule has 0 aromatic heterocycles. The third kappa shape index (κ3) is 1.78. The molecule has 2 aromatic rings. The van der Waals surface area contributed by atoms with Crippen molar-refractivity contribution >= 4 is 22.3 Å². The lowest BCUT2D eigenvalue weighted by atomic mass is 10.1. The molecule has 1 aliphatic rings. The van der Waals surface area contributed by atoms with Gasteiger partial charge in [0.1, 0.15) is 16.5 Å². The molecule has 1 heterocycles. The Morgan fingerprint density at radius 2 is 1.75 bits per heavy atom. The molecule has 0 spiro atoms. The SMILES string of the molecule is N=C(C1=C(O)c2ccccc2S1=O)c1ccccc1F. The van der Waals surface area contributed by atoms with E-state index in [1.807, 2.05) is 0 Å². The highest BCUT2D eigenvalue weighted by atomic mass is 32.2. The van der Waals surface area contributed by atoms with Crippen molar-refractivity contribution < 1.29 is 13.7 Å². The molecule has 2 aromatic carbocycles. The van der Waals surface area contributed by atoms with Gasteiger partial charge in [-0.1, -0.05) is 24.3 Å². The molecule has 1 atom stereocenters. The summed E-state index contributed by atoms with van der Waals surface area (Å²) in [4.78, 5) is 0.400. The number of hydrogen-bond donors (Lipinski definition) is 2. The molecular formula is C15H10FNO2S. The second-order valence-corrected chi connectivity index (χ2v) is 5.68. The zero-order chi connectivity index (χ0) is 14.3. The second kappa shape index (κ2) is 4.68. The fraction of sp³-hybridized carbons (Fsp3) is 0. The van der Waals surface area contributed by atoms with Gasteiger partial charge in [0.2, 0.25) is 0 Å². The molecule has 0 bridgehead atoms. The summed E-state index contributed by atoms with van der Waals surface area (Å²) in [6.45, 7) is 0. The van der Waals surface area contributed by atoms with Crippen molar-refractivity contribution in [2.45, 2.75) is 4.90 Å². The van der Waals surface area contributed by atoms with Gasteiger partial charge >= 0.3 is 0 Å². The lowest BCUT2D eigenvalue weighted by molar-refractivity contribution is 0.511. The van der Waals surface area contributed by atoms with Crippen LogP contribution in [0.15, 0.2) is 58.3 Å². The number of benzene rings is 2. The first-order valence-electron chi connectivity index (χ1n) is 5.89. The molecule has 3 rings (SSSR count). The zero-order valence-corrected chi connectivity index (χ0v) is 11.1. The van der Waals surface area contributed by atoms with E-state index in [0.29, 0.717) is 10.5 Å². The Balaban J connectivity index is 2.13. The van der Waals surface area contributed by atoms with Crippen molar-refractivity contribution in [3.63, 3.8) is 0 Å². The molecule has 0 aliphatic carbocycles. The minimum atomic E-state index is -1.67. The summed E-state index contributed by atoms with van der Waals surface area (Å²) in [5, 5.41) is 18.2. The minimum absolute atomic E-state index is 0.0233. The highest BCUT2D eigenvalue weighted by Crippen LogP contribution is 2.36. The van der Waals surface area contributed by atoms with Crippen LogP contribution in [0.25, 0.3) is 5.76 Å². The van der Waals surface area contributed by atoms with Crippen LogP contribution in [0, 0.1) is 11.2 Å². The summed E-state index contributed by atoms with van der Waals surface area (Å²) in [6, 6.07) is 12.4. The Hall–Kier alpha value is -2.27. The number of aliphatic hydroxyl groups excluding tert-OH is 1. The molecule has 0 saturated carbocycles. The van der Waals surface area contributed by atoms with E-state index in [9.17, 15) is 13.7 Å². The third-order valence-electron chi connectivity index (χ3n) is 3.11. The number of halogens is 1. The zero-order valence-electron chi connectivity index (χ0n) is 10.3. The van der Waals surface area contributed by atoms with Gasteiger partial charge in [0.25, 0.3) is 0 Å². The van der Waals surface area contributed by atoms with E-state index < -0.39 is 16.6 Å². The van der Waals surface area contributed by atoms with E-state index in [1.54, 1.807) is 30.3 Å². The predicted octanol–water partition coefficient (Wildman–Crippen LogP) is 3.24. The predicted molar refractivity (Wildman–Crippen MR) is 75.6 cm³/mol. The van der Waals surface area contributed by atoms with Crippen molar-refractivity contribution in [2.24, 2.45) is 0 Å². The van der Waals surface area contributed by atoms with Crippen molar-refractivity contribution in [1.82, 2.24) is 0 Å². The van der Waals surface area contributed by atoms with E-state index in [2.05, 4.69) is 0 Å². The molecule has 1 unspecified atom stereocenters. The number of rotatable bonds is 2. The van der Waals surface area contributed by atoms with Crippen LogP contribution < -0.4 is 0 Å². The molecule has 5 heteroatoms. The summed E-state index contributed by atoms with van der Waals surface area (Å²) in [5.74, 6) is -0.794. The smallest absolute Gasteiger partial charge is 0.142 e. The number of aliphatic hydroxyl groups is 1. The minimum Gasteiger partial charge on any atom is -0.506 e. The van der Waals surface area contributed by atoms with Crippen molar-refractivity contribution in [2.75, 3.05) is 0 Å². The van der Waals surface area contributed by atoms with E-state index in [-0.39, 0.29) is 21.9 Å². The summed E-state index contributed by atoms with van der Waals surface area (Å²) >= 11 is 0. The lowest BCUT2D eigenvalue weighted by Gasteiger charge is -2.06. The molecule has 20 heavy (non-hydrogen) atoms. The van der Waals surface area contributed by atoms with Crippen LogP contribution in [0.3, 0.4) is 0 Å². The van der Waals surface area contributed by atoms with Gasteiger partial charge in [-0.2, -0.15) is 0 Å². The van der Waals surface area contributed by atoms with Gasteiger partial charge in [-0.3, -0.25) is 5.41 Å². The van der Waals surface area contributed by atoms with Gasteiger partial charge < -0.3 is 5.11 Å². The highest BCUT2D eigenvalue weighted by molar-refractivity contribution is 7.90. The first-order valence-corrected chi connectivity index (χ1v) is 7.04. The monoisotopic (exact) mass is 287 g/mol. The Morgan fingerprint density at radius 3 is 2.45 bits per heavy atom. The van der Waals surface area contributed by atoms with Crippen LogP contribution in [0.4, 0.5) is 4.39 Å². The highest BCUT2D eigenvalue weighted by Gasteiger charge is 2.32. The fourth-order valence-corrected chi connectivity index (χ4v) is 3.51. The first kappa shape index (κ1) is 12.7. The third-order valence-corrected chi connectivity index (χ3v) is 4.64. The molecule has 0 radical (unpaired) electrons. The van der Waals surface area contributed by atoms with Gasteiger partial charge in [0.05, 0.1) is 21.4 Å². The summed E-state index contributed by atoms with van der Waals surface area (Å²) in [5.41, 5.74) is 0.201. The van der Waals surface area contributed by atoms with Crippen LogP contribution in [0.2, 0.25) is 0 Å². The topological polar surface area (TPSA) is 61.1 Å². The maximum atomic E-state index is 13.7. The van der Waals surface area contributed by atoms with Crippen LogP contribution in [0.1, 0.15) is 11.1 Å². The largest absolute Gasteiger partial charge is 0.506 e. The van der Waals surface area contributed by atoms with E-state index in [4.69, 9.17) is 5.41 Å². The molecule has 0 amide bonds.